The van der Waals surface area contributed by atoms with Gasteiger partial charge in [-0.25, -0.2) is 4.98 Å². The number of likely N-dealkylation sites (N-methyl/N-ethyl adjacent to an activating group) is 1. The van der Waals surface area contributed by atoms with Crippen LogP contribution in [0.5, 0.6) is 0 Å². The molecule has 1 heterocycles. The minimum Gasteiger partial charge on any atom is -0.299 e. The number of halogens is 1. The van der Waals surface area contributed by atoms with E-state index in [9.17, 15) is 0 Å². The Balaban J connectivity index is 1.85. The average Bonchev–Trinajstić information content (AvgIpc) is 2.92. The third-order valence-corrected chi connectivity index (χ3v) is 4.31. The fourth-order valence-corrected chi connectivity index (χ4v) is 2.99. The molecule has 2 rings (SSSR count). The van der Waals surface area contributed by atoms with E-state index in [1.807, 2.05) is 0 Å². The van der Waals surface area contributed by atoms with Gasteiger partial charge in [0.1, 0.15) is 0 Å². The van der Waals surface area contributed by atoms with E-state index in [1.165, 1.54) is 10.6 Å². The summed E-state index contributed by atoms with van der Waals surface area (Å²) >= 11 is 7.48. The lowest BCUT2D eigenvalue weighted by molar-refractivity contribution is 0.283. The van der Waals surface area contributed by atoms with Crippen molar-refractivity contribution in [1.82, 2.24) is 9.88 Å². The van der Waals surface area contributed by atoms with Gasteiger partial charge in [-0.2, -0.15) is 0 Å². The van der Waals surface area contributed by atoms with E-state index in [0.717, 1.165) is 31.7 Å². The molecule has 1 aromatic heterocycles. The van der Waals surface area contributed by atoms with Crippen LogP contribution in [-0.4, -0.2) is 23.0 Å². The second-order valence-electron chi connectivity index (χ2n) is 4.47. The van der Waals surface area contributed by atoms with Crippen LogP contribution in [0, 0.1) is 0 Å². The number of aromatic nitrogens is 1. The number of benzene rings is 1. The third-order valence-electron chi connectivity index (χ3n) is 3.07. The molecule has 0 radical (unpaired) electrons. The molecule has 1 aromatic carbocycles. The molecule has 0 amide bonds. The summed E-state index contributed by atoms with van der Waals surface area (Å²) in [6, 6.07) is 10.6. The van der Waals surface area contributed by atoms with Gasteiger partial charge in [-0.05, 0) is 12.1 Å². The highest BCUT2D eigenvalue weighted by molar-refractivity contribution is 7.09. The summed E-state index contributed by atoms with van der Waals surface area (Å²) in [5.41, 5.74) is 2.36. The zero-order valence-corrected chi connectivity index (χ0v) is 12.8. The molecule has 4 heteroatoms. The normalized spacial score (nSPS) is 11.1. The maximum Gasteiger partial charge on any atom is 0.0941 e. The third kappa shape index (κ3) is 4.60. The Morgan fingerprint density at radius 1 is 1.26 bits per heavy atom. The molecule has 0 unspecified atom stereocenters. The summed E-state index contributed by atoms with van der Waals surface area (Å²) in [7, 11) is 0. The molecule has 0 saturated carbocycles. The molecule has 0 aliphatic heterocycles. The van der Waals surface area contributed by atoms with Gasteiger partial charge in [-0.1, -0.05) is 37.3 Å². The monoisotopic (exact) mass is 294 g/mol. The molecule has 0 spiro atoms. The summed E-state index contributed by atoms with van der Waals surface area (Å²) in [5.74, 6) is 0.512. The minimum atomic E-state index is 0.512. The molecule has 2 aromatic rings. The first-order chi connectivity index (χ1) is 9.31. The highest BCUT2D eigenvalue weighted by Crippen LogP contribution is 2.13. The van der Waals surface area contributed by atoms with Crippen LogP contribution in [0.3, 0.4) is 0 Å². The van der Waals surface area contributed by atoms with Crippen molar-refractivity contribution in [3.63, 3.8) is 0 Å². The van der Waals surface area contributed by atoms with Crippen molar-refractivity contribution < 1.29 is 0 Å². The summed E-state index contributed by atoms with van der Waals surface area (Å²) in [6.45, 7) is 5.31. The minimum absolute atomic E-state index is 0.512. The maximum absolute atomic E-state index is 5.77. The van der Waals surface area contributed by atoms with Crippen molar-refractivity contribution in [1.29, 1.82) is 0 Å². The molecular formula is C15H19ClN2S. The van der Waals surface area contributed by atoms with Crippen LogP contribution in [0.1, 0.15) is 23.2 Å². The SMILES string of the molecule is CCN(CCc1nc(CCl)cs1)Cc1ccccc1. The second-order valence-corrected chi connectivity index (χ2v) is 5.68. The summed E-state index contributed by atoms with van der Waals surface area (Å²) in [5, 5.41) is 3.23. The van der Waals surface area contributed by atoms with Gasteiger partial charge in [0.15, 0.2) is 0 Å². The summed E-state index contributed by atoms with van der Waals surface area (Å²) in [4.78, 5) is 6.94. The van der Waals surface area contributed by atoms with Crippen LogP contribution >= 0.6 is 22.9 Å². The van der Waals surface area contributed by atoms with Gasteiger partial charge in [0.2, 0.25) is 0 Å². The summed E-state index contributed by atoms with van der Waals surface area (Å²) in [6.07, 6.45) is 1.00. The highest BCUT2D eigenvalue weighted by Gasteiger charge is 2.06. The zero-order valence-electron chi connectivity index (χ0n) is 11.2. The van der Waals surface area contributed by atoms with Crippen molar-refractivity contribution in [2.45, 2.75) is 25.8 Å². The zero-order chi connectivity index (χ0) is 13.5. The van der Waals surface area contributed by atoms with Crippen LogP contribution in [0.2, 0.25) is 0 Å². The quantitative estimate of drug-likeness (QED) is 0.719. The van der Waals surface area contributed by atoms with E-state index < -0.39 is 0 Å². The van der Waals surface area contributed by atoms with Crippen molar-refractivity contribution in [3.8, 4) is 0 Å². The lowest BCUT2D eigenvalue weighted by Gasteiger charge is -2.19. The van der Waals surface area contributed by atoms with Gasteiger partial charge in [-0.3, -0.25) is 4.90 Å². The van der Waals surface area contributed by atoms with Crippen molar-refractivity contribution in [2.75, 3.05) is 13.1 Å². The Morgan fingerprint density at radius 3 is 2.68 bits per heavy atom. The van der Waals surface area contributed by atoms with Crippen LogP contribution in [0.15, 0.2) is 35.7 Å². The summed E-state index contributed by atoms with van der Waals surface area (Å²) < 4.78 is 0. The molecule has 0 atom stereocenters. The standard InChI is InChI=1S/C15H19ClN2S/c1-2-18(11-13-6-4-3-5-7-13)9-8-15-17-14(10-16)12-19-15/h3-7,12H,2,8-11H2,1H3. The van der Waals surface area contributed by atoms with Gasteiger partial charge in [-0.15, -0.1) is 22.9 Å². The smallest absolute Gasteiger partial charge is 0.0941 e. The first-order valence-corrected chi connectivity index (χ1v) is 7.98. The highest BCUT2D eigenvalue weighted by atomic mass is 35.5. The number of hydrogen-bond donors (Lipinski definition) is 0. The lowest BCUT2D eigenvalue weighted by Crippen LogP contribution is -2.25. The first-order valence-electron chi connectivity index (χ1n) is 6.57. The van der Waals surface area contributed by atoms with Crippen LogP contribution in [0.4, 0.5) is 0 Å². The Labute approximate surface area is 124 Å². The van der Waals surface area contributed by atoms with Gasteiger partial charge in [0, 0.05) is 24.9 Å². The molecule has 0 aliphatic carbocycles. The molecule has 19 heavy (non-hydrogen) atoms. The van der Waals surface area contributed by atoms with E-state index in [0.29, 0.717) is 5.88 Å². The van der Waals surface area contributed by atoms with Crippen molar-refractivity contribution in [3.05, 3.63) is 52.0 Å². The van der Waals surface area contributed by atoms with Gasteiger partial charge < -0.3 is 0 Å². The number of nitrogens with zero attached hydrogens (tertiary/aromatic N) is 2. The molecular weight excluding hydrogens is 276 g/mol. The van der Waals surface area contributed by atoms with Crippen LogP contribution in [0.25, 0.3) is 0 Å². The van der Waals surface area contributed by atoms with E-state index in [-0.39, 0.29) is 0 Å². The number of thiazole rings is 1. The first kappa shape index (κ1) is 14.5. The lowest BCUT2D eigenvalue weighted by atomic mass is 10.2. The fraction of sp³-hybridized carbons (Fsp3) is 0.400. The number of hydrogen-bond acceptors (Lipinski definition) is 3. The molecule has 0 bridgehead atoms. The van der Waals surface area contributed by atoms with Gasteiger partial charge in [0.05, 0.1) is 16.6 Å². The Morgan fingerprint density at radius 2 is 2.05 bits per heavy atom. The molecule has 0 aliphatic rings. The van der Waals surface area contributed by atoms with E-state index in [2.05, 4.69) is 52.5 Å². The molecule has 102 valence electrons. The maximum atomic E-state index is 5.77. The van der Waals surface area contributed by atoms with Crippen LogP contribution in [-0.2, 0) is 18.8 Å². The molecule has 0 N–H and O–H groups in total. The average molecular weight is 295 g/mol. The van der Waals surface area contributed by atoms with E-state index >= 15 is 0 Å². The van der Waals surface area contributed by atoms with Gasteiger partial charge in [0.25, 0.3) is 0 Å². The van der Waals surface area contributed by atoms with Gasteiger partial charge >= 0.3 is 0 Å². The van der Waals surface area contributed by atoms with Crippen LogP contribution < -0.4 is 0 Å². The topological polar surface area (TPSA) is 16.1 Å². The molecule has 0 saturated heterocycles. The number of rotatable bonds is 7. The van der Waals surface area contributed by atoms with E-state index in [4.69, 9.17) is 11.6 Å². The molecule has 2 nitrogen and oxygen atoms in total. The largest absolute Gasteiger partial charge is 0.299 e. The predicted molar refractivity (Wildman–Crippen MR) is 82.8 cm³/mol. The Bertz CT molecular complexity index is 484. The van der Waals surface area contributed by atoms with E-state index in [1.54, 1.807) is 11.3 Å². The number of alkyl halides is 1. The predicted octanol–water partition coefficient (Wildman–Crippen LogP) is 3.95. The van der Waals surface area contributed by atoms with Crippen molar-refractivity contribution in [2.24, 2.45) is 0 Å². The second kappa shape index (κ2) is 7.63. The van der Waals surface area contributed by atoms with Crippen molar-refractivity contribution >= 4 is 22.9 Å². The fourth-order valence-electron chi connectivity index (χ4n) is 1.97. The molecule has 0 fully saturated rings. The Hall–Kier alpha value is -0.900. The Kier molecular flexibility index (Phi) is 5.83.